The molecule has 0 aliphatic rings. The Bertz CT molecular complexity index is 1310. The lowest BCUT2D eigenvalue weighted by Crippen LogP contribution is -2.53. The van der Waals surface area contributed by atoms with Crippen molar-refractivity contribution < 1.29 is 29.0 Å². The summed E-state index contributed by atoms with van der Waals surface area (Å²) in [6.07, 6.45) is 2.58. The summed E-state index contributed by atoms with van der Waals surface area (Å²) in [5, 5.41) is 25.1. The van der Waals surface area contributed by atoms with Gasteiger partial charge in [-0.3, -0.25) is 9.69 Å². The molecule has 4 aromatic rings. The van der Waals surface area contributed by atoms with E-state index in [0.717, 1.165) is 16.7 Å². The van der Waals surface area contributed by atoms with Gasteiger partial charge in [0.05, 0.1) is 23.9 Å². The number of benzene rings is 2. The zero-order valence-electron chi connectivity index (χ0n) is 19.8. The molecule has 1 amide bonds. The van der Waals surface area contributed by atoms with Crippen LogP contribution in [0.2, 0.25) is 0 Å². The second kappa shape index (κ2) is 10.9. The first-order chi connectivity index (χ1) is 17.3. The van der Waals surface area contributed by atoms with Crippen LogP contribution in [0.25, 0.3) is 11.3 Å². The van der Waals surface area contributed by atoms with E-state index in [0.29, 0.717) is 16.5 Å². The topological polar surface area (TPSA) is 113 Å². The smallest absolute Gasteiger partial charge is 0.281 e. The van der Waals surface area contributed by atoms with Crippen molar-refractivity contribution in [2.45, 2.75) is 38.8 Å². The molecule has 0 aliphatic heterocycles. The molecular weight excluding hydrogens is 480 g/mol. The fourth-order valence-corrected chi connectivity index (χ4v) is 4.55. The summed E-state index contributed by atoms with van der Waals surface area (Å²) in [5.41, 5.74) is 1.71. The van der Waals surface area contributed by atoms with Gasteiger partial charge in [-0.2, -0.15) is 0 Å². The van der Waals surface area contributed by atoms with E-state index in [9.17, 15) is 19.8 Å². The molecule has 36 heavy (non-hydrogen) atoms. The molecule has 8 nitrogen and oxygen atoms in total. The number of carbonyl (C=O) groups excluding carboxylic acids is 2. The summed E-state index contributed by atoms with van der Waals surface area (Å²) in [4.78, 5) is 29.5. The van der Waals surface area contributed by atoms with Gasteiger partial charge in [0, 0.05) is 22.5 Å². The third-order valence-electron chi connectivity index (χ3n) is 5.49. The van der Waals surface area contributed by atoms with Crippen LogP contribution < -0.4 is 4.74 Å². The Labute approximate surface area is 212 Å². The van der Waals surface area contributed by atoms with Crippen LogP contribution in [0.5, 0.6) is 5.75 Å². The highest BCUT2D eigenvalue weighted by molar-refractivity contribution is 7.09. The lowest BCUT2D eigenvalue weighted by molar-refractivity contribution is -0.264. The number of nitrogens with zero attached hydrogens (tertiary/aromatic N) is 2. The number of rotatable bonds is 10. The van der Waals surface area contributed by atoms with Crippen LogP contribution in [0, 0.1) is 0 Å². The monoisotopic (exact) mass is 506 g/mol. The first-order valence-corrected chi connectivity index (χ1v) is 12.2. The van der Waals surface area contributed by atoms with Crippen molar-refractivity contribution in [1.29, 1.82) is 0 Å². The van der Waals surface area contributed by atoms with Gasteiger partial charge in [-0.15, -0.1) is 11.3 Å². The van der Waals surface area contributed by atoms with E-state index in [1.165, 1.54) is 17.4 Å². The van der Waals surface area contributed by atoms with Gasteiger partial charge in [0.1, 0.15) is 29.4 Å². The van der Waals surface area contributed by atoms with E-state index < -0.39 is 17.9 Å². The molecule has 0 saturated heterocycles. The molecule has 2 N–H and O–H groups in total. The van der Waals surface area contributed by atoms with Gasteiger partial charge in [-0.25, -0.2) is 4.98 Å². The summed E-state index contributed by atoms with van der Waals surface area (Å²) < 4.78 is 11.3. The standard InChI is InChI=1S/C27H26N2O6S/c1-18(2)29(26(31)20-11-9-19(10-12-20)23-8-5-15-34-23)27(32,33)22-6-3-4-7-24(22)35-16-21-17-36-25(28-21)13-14-30/h3-12,14-15,17-18,32-33H,13,16H2,1-2H3. The Morgan fingerprint density at radius 3 is 2.56 bits per heavy atom. The van der Waals surface area contributed by atoms with E-state index in [1.807, 2.05) is 6.07 Å². The molecule has 0 aliphatic carbocycles. The second-order valence-electron chi connectivity index (χ2n) is 8.35. The zero-order chi connectivity index (χ0) is 25.7. The van der Waals surface area contributed by atoms with Crippen LogP contribution in [-0.4, -0.2) is 38.3 Å². The lowest BCUT2D eigenvalue weighted by atomic mass is 10.0. The van der Waals surface area contributed by atoms with Gasteiger partial charge in [-0.1, -0.05) is 24.3 Å². The third-order valence-corrected chi connectivity index (χ3v) is 6.41. The van der Waals surface area contributed by atoms with Crippen LogP contribution in [0.1, 0.15) is 40.5 Å². The van der Waals surface area contributed by atoms with Gasteiger partial charge in [0.25, 0.3) is 11.8 Å². The van der Waals surface area contributed by atoms with Crippen LogP contribution in [0.4, 0.5) is 0 Å². The molecule has 0 spiro atoms. The SMILES string of the molecule is CC(C)N(C(=O)c1ccc(-c2ccco2)cc1)C(O)(O)c1ccccc1OCc1csc(CC=O)n1. The number of hydrogen-bond acceptors (Lipinski definition) is 8. The van der Waals surface area contributed by atoms with Gasteiger partial charge >= 0.3 is 0 Å². The molecule has 2 aromatic carbocycles. The average Bonchev–Trinajstić information content (AvgIpc) is 3.55. The molecule has 0 unspecified atom stereocenters. The van der Waals surface area contributed by atoms with Gasteiger partial charge in [0.15, 0.2) is 0 Å². The molecule has 0 saturated carbocycles. The molecule has 2 aromatic heterocycles. The predicted octanol–water partition coefficient (Wildman–Crippen LogP) is 4.37. The molecule has 9 heteroatoms. The summed E-state index contributed by atoms with van der Waals surface area (Å²) in [7, 11) is 0. The minimum absolute atomic E-state index is 0.0163. The van der Waals surface area contributed by atoms with Crippen molar-refractivity contribution in [2.24, 2.45) is 0 Å². The first-order valence-electron chi connectivity index (χ1n) is 11.3. The van der Waals surface area contributed by atoms with Crippen LogP contribution >= 0.6 is 11.3 Å². The number of hydrogen-bond donors (Lipinski definition) is 2. The molecule has 0 bridgehead atoms. The lowest BCUT2D eigenvalue weighted by Gasteiger charge is -2.39. The largest absolute Gasteiger partial charge is 0.487 e. The number of thiazole rings is 1. The predicted molar refractivity (Wildman–Crippen MR) is 134 cm³/mol. The normalized spacial score (nSPS) is 11.5. The minimum atomic E-state index is -2.66. The van der Waals surface area contributed by atoms with E-state index in [-0.39, 0.29) is 29.9 Å². The van der Waals surface area contributed by atoms with E-state index >= 15 is 0 Å². The second-order valence-corrected chi connectivity index (χ2v) is 9.29. The Morgan fingerprint density at radius 2 is 1.89 bits per heavy atom. The molecule has 0 atom stereocenters. The molecular formula is C27H26N2O6S. The van der Waals surface area contributed by atoms with Crippen molar-refractivity contribution in [3.63, 3.8) is 0 Å². The van der Waals surface area contributed by atoms with Gasteiger partial charge in [0.2, 0.25) is 0 Å². The molecule has 0 radical (unpaired) electrons. The molecule has 2 heterocycles. The summed E-state index contributed by atoms with van der Waals surface area (Å²) >= 11 is 1.35. The van der Waals surface area contributed by atoms with Gasteiger partial charge in [-0.05, 0) is 50.2 Å². The maximum absolute atomic E-state index is 13.5. The highest BCUT2D eigenvalue weighted by Gasteiger charge is 2.42. The zero-order valence-corrected chi connectivity index (χ0v) is 20.6. The number of amides is 1. The minimum Gasteiger partial charge on any atom is -0.487 e. The number of carbonyl (C=O) groups is 2. The number of ether oxygens (including phenoxy) is 1. The maximum atomic E-state index is 13.5. The summed E-state index contributed by atoms with van der Waals surface area (Å²) in [6.45, 7) is 3.46. The van der Waals surface area contributed by atoms with Crippen LogP contribution in [0.3, 0.4) is 0 Å². The van der Waals surface area contributed by atoms with Crippen molar-refractivity contribution in [3.8, 4) is 17.1 Å². The van der Waals surface area contributed by atoms with E-state index in [2.05, 4.69) is 4.98 Å². The maximum Gasteiger partial charge on any atom is 0.281 e. The highest BCUT2D eigenvalue weighted by atomic mass is 32.1. The van der Waals surface area contributed by atoms with E-state index in [1.54, 1.807) is 74.0 Å². The van der Waals surface area contributed by atoms with E-state index in [4.69, 9.17) is 9.15 Å². The number of para-hydroxylation sites is 1. The van der Waals surface area contributed by atoms with Crippen molar-refractivity contribution in [1.82, 2.24) is 9.88 Å². The number of aldehydes is 1. The Morgan fingerprint density at radius 1 is 1.14 bits per heavy atom. The first kappa shape index (κ1) is 25.3. The summed E-state index contributed by atoms with van der Waals surface area (Å²) in [6, 6.07) is 16.2. The fraction of sp³-hybridized carbons (Fsp3) is 0.222. The number of furan rings is 1. The Balaban J connectivity index is 1.58. The van der Waals surface area contributed by atoms with Crippen LogP contribution in [0.15, 0.2) is 76.7 Å². The molecule has 186 valence electrons. The van der Waals surface area contributed by atoms with Crippen LogP contribution in [-0.2, 0) is 23.7 Å². The molecule has 4 rings (SSSR count). The van der Waals surface area contributed by atoms with Crippen molar-refractivity contribution in [2.75, 3.05) is 0 Å². The fourth-order valence-electron chi connectivity index (χ4n) is 3.83. The highest BCUT2D eigenvalue weighted by Crippen LogP contribution is 2.34. The number of aromatic nitrogens is 1. The summed E-state index contributed by atoms with van der Waals surface area (Å²) in [5.74, 6) is -2.36. The van der Waals surface area contributed by atoms with Crippen molar-refractivity contribution >= 4 is 23.5 Å². The Hall–Kier alpha value is -3.79. The van der Waals surface area contributed by atoms with Gasteiger partial charge < -0.3 is 24.2 Å². The Kier molecular flexibility index (Phi) is 7.64. The third kappa shape index (κ3) is 5.38. The average molecular weight is 507 g/mol. The molecule has 0 fully saturated rings. The van der Waals surface area contributed by atoms with Crippen molar-refractivity contribution in [3.05, 3.63) is 94.1 Å². The number of aliphatic hydroxyl groups is 2. The quantitative estimate of drug-likeness (QED) is 0.243.